The van der Waals surface area contributed by atoms with Crippen LogP contribution in [0.4, 0.5) is 0 Å². The molecule has 1 N–H and O–H groups in total. The standard InChI is InChI=1S/C12H23N3O/c1-2-13-12(15-7-3-4-8-15)14-10-11-6-5-9-16-11/h11H,2-10H2,1H3,(H,13,14). The molecule has 2 aliphatic heterocycles. The monoisotopic (exact) mass is 225 g/mol. The zero-order valence-electron chi connectivity index (χ0n) is 10.2. The molecule has 2 aliphatic rings. The van der Waals surface area contributed by atoms with Gasteiger partial charge < -0.3 is 15.0 Å². The van der Waals surface area contributed by atoms with E-state index in [1.165, 1.54) is 25.7 Å². The predicted molar refractivity (Wildman–Crippen MR) is 65.8 cm³/mol. The van der Waals surface area contributed by atoms with Crippen LogP contribution in [0, 0.1) is 0 Å². The van der Waals surface area contributed by atoms with Crippen LogP contribution < -0.4 is 5.32 Å². The van der Waals surface area contributed by atoms with Gasteiger partial charge in [-0.15, -0.1) is 0 Å². The third-order valence-electron chi connectivity index (χ3n) is 3.21. The summed E-state index contributed by atoms with van der Waals surface area (Å²) < 4.78 is 5.59. The molecular weight excluding hydrogens is 202 g/mol. The summed E-state index contributed by atoms with van der Waals surface area (Å²) in [5, 5.41) is 3.37. The highest BCUT2D eigenvalue weighted by atomic mass is 16.5. The summed E-state index contributed by atoms with van der Waals surface area (Å²) in [4.78, 5) is 7.04. The van der Waals surface area contributed by atoms with E-state index in [1.54, 1.807) is 0 Å². The van der Waals surface area contributed by atoms with Crippen molar-refractivity contribution < 1.29 is 4.74 Å². The Hall–Kier alpha value is -0.770. The lowest BCUT2D eigenvalue weighted by atomic mass is 10.2. The number of hydrogen-bond acceptors (Lipinski definition) is 2. The van der Waals surface area contributed by atoms with Gasteiger partial charge >= 0.3 is 0 Å². The molecule has 2 fully saturated rings. The lowest BCUT2D eigenvalue weighted by Gasteiger charge is -2.21. The van der Waals surface area contributed by atoms with Gasteiger partial charge in [-0.3, -0.25) is 4.99 Å². The van der Waals surface area contributed by atoms with Gasteiger partial charge in [0.25, 0.3) is 0 Å². The van der Waals surface area contributed by atoms with Crippen molar-refractivity contribution in [3.63, 3.8) is 0 Å². The second-order valence-electron chi connectivity index (χ2n) is 4.52. The minimum absolute atomic E-state index is 0.358. The smallest absolute Gasteiger partial charge is 0.194 e. The number of rotatable bonds is 3. The van der Waals surface area contributed by atoms with Gasteiger partial charge in [-0.2, -0.15) is 0 Å². The summed E-state index contributed by atoms with van der Waals surface area (Å²) in [5.74, 6) is 1.08. The first kappa shape index (κ1) is 11.7. The number of hydrogen-bond donors (Lipinski definition) is 1. The molecule has 2 rings (SSSR count). The summed E-state index contributed by atoms with van der Waals surface area (Å²) in [6.07, 6.45) is 5.31. The van der Waals surface area contributed by atoms with Crippen LogP contribution >= 0.6 is 0 Å². The highest BCUT2D eigenvalue weighted by Crippen LogP contribution is 2.13. The molecule has 0 radical (unpaired) electrons. The first-order valence-corrected chi connectivity index (χ1v) is 6.55. The number of nitrogens with zero attached hydrogens (tertiary/aromatic N) is 2. The predicted octanol–water partition coefficient (Wildman–Crippen LogP) is 1.23. The average Bonchev–Trinajstić information content (AvgIpc) is 2.96. The molecule has 0 amide bonds. The Labute approximate surface area is 98.1 Å². The van der Waals surface area contributed by atoms with E-state index in [0.717, 1.165) is 38.7 Å². The molecule has 0 aromatic heterocycles. The van der Waals surface area contributed by atoms with Crippen molar-refractivity contribution >= 4 is 5.96 Å². The lowest BCUT2D eigenvalue weighted by Crippen LogP contribution is -2.40. The molecule has 4 nitrogen and oxygen atoms in total. The molecule has 0 aromatic rings. The Bertz CT molecular complexity index is 230. The van der Waals surface area contributed by atoms with Crippen LogP contribution in [-0.2, 0) is 4.74 Å². The molecule has 2 heterocycles. The summed E-state index contributed by atoms with van der Waals surface area (Å²) in [6, 6.07) is 0. The van der Waals surface area contributed by atoms with E-state index in [2.05, 4.69) is 22.1 Å². The Morgan fingerprint density at radius 2 is 2.19 bits per heavy atom. The van der Waals surface area contributed by atoms with Gasteiger partial charge in [-0.25, -0.2) is 0 Å². The molecule has 92 valence electrons. The van der Waals surface area contributed by atoms with Crippen molar-refractivity contribution in [2.24, 2.45) is 4.99 Å². The zero-order valence-corrected chi connectivity index (χ0v) is 10.2. The Morgan fingerprint density at radius 1 is 1.38 bits per heavy atom. The number of ether oxygens (including phenoxy) is 1. The topological polar surface area (TPSA) is 36.9 Å². The van der Waals surface area contributed by atoms with Gasteiger partial charge in [0.1, 0.15) is 0 Å². The highest BCUT2D eigenvalue weighted by molar-refractivity contribution is 5.80. The Kier molecular flexibility index (Phi) is 4.45. The summed E-state index contributed by atoms with van der Waals surface area (Å²) in [5.41, 5.74) is 0. The van der Waals surface area contributed by atoms with Gasteiger partial charge in [-0.05, 0) is 32.6 Å². The number of nitrogens with one attached hydrogen (secondary N) is 1. The Morgan fingerprint density at radius 3 is 2.81 bits per heavy atom. The second kappa shape index (κ2) is 6.09. The van der Waals surface area contributed by atoms with Crippen molar-refractivity contribution in [2.45, 2.75) is 38.7 Å². The maximum Gasteiger partial charge on any atom is 0.194 e. The molecule has 4 heteroatoms. The fraction of sp³-hybridized carbons (Fsp3) is 0.917. The first-order chi connectivity index (χ1) is 7.90. The summed E-state index contributed by atoms with van der Waals surface area (Å²) in [6.45, 7) is 7.10. The van der Waals surface area contributed by atoms with Crippen molar-refractivity contribution in [2.75, 3.05) is 32.8 Å². The fourth-order valence-corrected chi connectivity index (χ4v) is 2.33. The normalized spacial score (nSPS) is 26.4. The molecule has 16 heavy (non-hydrogen) atoms. The van der Waals surface area contributed by atoms with E-state index in [4.69, 9.17) is 4.74 Å². The van der Waals surface area contributed by atoms with Crippen molar-refractivity contribution in [1.29, 1.82) is 0 Å². The zero-order chi connectivity index (χ0) is 11.2. The number of aliphatic imine (C=N–C) groups is 1. The van der Waals surface area contributed by atoms with E-state index >= 15 is 0 Å². The van der Waals surface area contributed by atoms with E-state index in [-0.39, 0.29) is 0 Å². The summed E-state index contributed by atoms with van der Waals surface area (Å²) in [7, 11) is 0. The lowest BCUT2D eigenvalue weighted by molar-refractivity contribution is 0.117. The van der Waals surface area contributed by atoms with E-state index < -0.39 is 0 Å². The third kappa shape index (κ3) is 3.11. The van der Waals surface area contributed by atoms with Crippen molar-refractivity contribution in [1.82, 2.24) is 10.2 Å². The van der Waals surface area contributed by atoms with Gasteiger partial charge in [0.2, 0.25) is 0 Å². The molecule has 0 bridgehead atoms. The van der Waals surface area contributed by atoms with Gasteiger partial charge in [0.05, 0.1) is 12.6 Å². The van der Waals surface area contributed by atoms with Gasteiger partial charge in [-0.1, -0.05) is 0 Å². The molecule has 1 atom stereocenters. The molecular formula is C12H23N3O. The SMILES string of the molecule is CCNC(=NCC1CCCO1)N1CCCC1. The van der Waals surface area contributed by atoms with Crippen LogP contribution in [0.15, 0.2) is 4.99 Å². The minimum atomic E-state index is 0.358. The molecule has 1 unspecified atom stereocenters. The maximum absolute atomic E-state index is 5.59. The molecule has 0 spiro atoms. The third-order valence-corrected chi connectivity index (χ3v) is 3.21. The molecule has 0 saturated carbocycles. The van der Waals surface area contributed by atoms with E-state index in [1.807, 2.05) is 0 Å². The fourth-order valence-electron chi connectivity index (χ4n) is 2.33. The van der Waals surface area contributed by atoms with Gasteiger partial charge in [0, 0.05) is 26.2 Å². The van der Waals surface area contributed by atoms with Crippen LogP contribution in [0.1, 0.15) is 32.6 Å². The van der Waals surface area contributed by atoms with Crippen molar-refractivity contribution in [3.8, 4) is 0 Å². The number of guanidine groups is 1. The molecule has 2 saturated heterocycles. The second-order valence-corrected chi connectivity index (χ2v) is 4.52. The van der Waals surface area contributed by atoms with E-state index in [0.29, 0.717) is 6.10 Å². The first-order valence-electron chi connectivity index (χ1n) is 6.55. The van der Waals surface area contributed by atoms with Crippen LogP contribution in [0.2, 0.25) is 0 Å². The number of likely N-dealkylation sites (tertiary alicyclic amines) is 1. The maximum atomic E-state index is 5.59. The van der Waals surface area contributed by atoms with Crippen LogP contribution in [0.3, 0.4) is 0 Å². The quantitative estimate of drug-likeness (QED) is 0.580. The molecule has 0 aromatic carbocycles. The van der Waals surface area contributed by atoms with Crippen LogP contribution in [0.25, 0.3) is 0 Å². The van der Waals surface area contributed by atoms with Crippen LogP contribution in [0.5, 0.6) is 0 Å². The largest absolute Gasteiger partial charge is 0.376 e. The Balaban J connectivity index is 1.86. The van der Waals surface area contributed by atoms with Gasteiger partial charge in [0.15, 0.2) is 5.96 Å². The molecule has 0 aliphatic carbocycles. The highest BCUT2D eigenvalue weighted by Gasteiger charge is 2.18. The minimum Gasteiger partial charge on any atom is -0.376 e. The van der Waals surface area contributed by atoms with Crippen molar-refractivity contribution in [3.05, 3.63) is 0 Å². The van der Waals surface area contributed by atoms with Crippen LogP contribution in [-0.4, -0.2) is 49.7 Å². The average molecular weight is 225 g/mol. The summed E-state index contributed by atoms with van der Waals surface area (Å²) >= 11 is 0. The van der Waals surface area contributed by atoms with E-state index in [9.17, 15) is 0 Å².